The lowest BCUT2D eigenvalue weighted by molar-refractivity contribution is 0.0971. The normalized spacial score (nSPS) is 14.4. The molecular formula is C18H11Cl4NO4S. The molecule has 1 aliphatic rings. The van der Waals surface area contributed by atoms with Gasteiger partial charge in [-0.3, -0.25) is 9.52 Å². The lowest BCUT2D eigenvalue weighted by atomic mass is 9.94. The molecule has 0 spiro atoms. The zero-order valence-corrected chi connectivity index (χ0v) is 17.8. The van der Waals surface area contributed by atoms with Crippen molar-refractivity contribution in [1.82, 2.24) is 0 Å². The number of anilines is 1. The van der Waals surface area contributed by atoms with Gasteiger partial charge in [-0.15, -0.1) is 0 Å². The maximum Gasteiger partial charge on any atom is 0.263 e. The first-order valence-corrected chi connectivity index (χ1v) is 11.1. The summed E-state index contributed by atoms with van der Waals surface area (Å²) >= 11 is 24.1. The second-order valence-corrected chi connectivity index (χ2v) is 9.59. The Bertz CT molecular complexity index is 1250. The molecule has 0 saturated heterocycles. The quantitative estimate of drug-likeness (QED) is 0.444. The van der Waals surface area contributed by atoms with E-state index < -0.39 is 10.0 Å². The van der Waals surface area contributed by atoms with E-state index in [1.807, 2.05) is 0 Å². The summed E-state index contributed by atoms with van der Waals surface area (Å²) in [6.45, 7) is 0. The molecule has 3 aromatic rings. The highest BCUT2D eigenvalue weighted by molar-refractivity contribution is 7.92. The third-order valence-electron chi connectivity index (χ3n) is 4.42. The third kappa shape index (κ3) is 3.37. The summed E-state index contributed by atoms with van der Waals surface area (Å²) in [5, 5.41) is 0.778. The van der Waals surface area contributed by atoms with Gasteiger partial charge in [0.25, 0.3) is 10.0 Å². The third-order valence-corrected chi connectivity index (χ3v) is 7.27. The Morgan fingerprint density at radius 1 is 0.893 bits per heavy atom. The summed E-state index contributed by atoms with van der Waals surface area (Å²) in [5.74, 6) is 0.518. The Kier molecular flexibility index (Phi) is 5.04. The van der Waals surface area contributed by atoms with Gasteiger partial charge in [-0.25, -0.2) is 8.42 Å². The lowest BCUT2D eigenvalue weighted by Gasteiger charge is -2.11. The Labute approximate surface area is 180 Å². The average Bonchev–Trinajstić information content (AvgIpc) is 2.98. The SMILES string of the molecule is O=C1CCCc2oc3c(Cl)cc(NS(=O)(=O)c4cc(Cl)c(Cl)cc4Cl)cc3c21. The Morgan fingerprint density at radius 3 is 2.36 bits per heavy atom. The van der Waals surface area contributed by atoms with E-state index >= 15 is 0 Å². The molecule has 10 heteroatoms. The van der Waals surface area contributed by atoms with Crippen molar-refractivity contribution in [2.45, 2.75) is 24.2 Å². The van der Waals surface area contributed by atoms with Crippen LogP contribution in [0.5, 0.6) is 0 Å². The van der Waals surface area contributed by atoms with Crippen LogP contribution in [-0.2, 0) is 16.4 Å². The molecule has 0 radical (unpaired) electrons. The first-order chi connectivity index (χ1) is 13.2. The van der Waals surface area contributed by atoms with Crippen LogP contribution >= 0.6 is 46.4 Å². The first-order valence-electron chi connectivity index (χ1n) is 8.13. The highest BCUT2D eigenvalue weighted by Gasteiger charge is 2.27. The predicted octanol–water partition coefficient (Wildman–Crippen LogP) is 6.37. The van der Waals surface area contributed by atoms with Gasteiger partial charge in [0.05, 0.1) is 31.3 Å². The van der Waals surface area contributed by atoms with Crippen molar-refractivity contribution in [3.05, 3.63) is 55.7 Å². The van der Waals surface area contributed by atoms with Gasteiger partial charge in [0.15, 0.2) is 11.4 Å². The van der Waals surface area contributed by atoms with Gasteiger partial charge < -0.3 is 4.42 Å². The van der Waals surface area contributed by atoms with E-state index in [2.05, 4.69) is 4.72 Å². The molecule has 5 nitrogen and oxygen atoms in total. The number of benzene rings is 2. The van der Waals surface area contributed by atoms with Crippen LogP contribution in [0, 0.1) is 0 Å². The average molecular weight is 479 g/mol. The van der Waals surface area contributed by atoms with Crippen LogP contribution in [0.2, 0.25) is 20.1 Å². The molecule has 1 N–H and O–H groups in total. The summed E-state index contributed by atoms with van der Waals surface area (Å²) in [5.41, 5.74) is 0.982. The Hall–Kier alpha value is -1.44. The van der Waals surface area contributed by atoms with Crippen LogP contribution in [0.4, 0.5) is 5.69 Å². The second kappa shape index (κ2) is 7.11. The van der Waals surface area contributed by atoms with Gasteiger partial charge in [-0.2, -0.15) is 0 Å². The minimum atomic E-state index is -4.09. The number of carbonyl (C=O) groups is 1. The number of hydrogen-bond acceptors (Lipinski definition) is 4. The highest BCUT2D eigenvalue weighted by Crippen LogP contribution is 2.38. The second-order valence-electron chi connectivity index (χ2n) is 6.31. The molecular weight excluding hydrogens is 468 g/mol. The Morgan fingerprint density at radius 2 is 1.61 bits per heavy atom. The van der Waals surface area contributed by atoms with Gasteiger partial charge in [-0.05, 0) is 30.7 Å². The fourth-order valence-corrected chi connectivity index (χ4v) is 5.50. The number of carbonyl (C=O) groups excluding carboxylic acids is 1. The zero-order valence-electron chi connectivity index (χ0n) is 14.0. The first kappa shape index (κ1) is 19.9. The molecule has 0 saturated carbocycles. The van der Waals surface area contributed by atoms with E-state index in [4.69, 9.17) is 50.8 Å². The van der Waals surface area contributed by atoms with Crippen LogP contribution < -0.4 is 4.72 Å². The molecule has 1 heterocycles. The molecule has 0 aliphatic heterocycles. The topological polar surface area (TPSA) is 76.4 Å². The largest absolute Gasteiger partial charge is 0.459 e. The van der Waals surface area contributed by atoms with Crippen molar-refractivity contribution < 1.29 is 17.6 Å². The summed E-state index contributed by atoms with van der Waals surface area (Å²) in [4.78, 5) is 12.1. The van der Waals surface area contributed by atoms with E-state index in [0.717, 1.165) is 6.07 Å². The summed E-state index contributed by atoms with van der Waals surface area (Å²) in [6, 6.07) is 5.35. The van der Waals surface area contributed by atoms with Crippen molar-refractivity contribution in [2.24, 2.45) is 0 Å². The number of fused-ring (bicyclic) bond motifs is 3. The molecule has 1 aliphatic carbocycles. The summed E-state index contributed by atoms with van der Waals surface area (Å²) in [6.07, 6.45) is 1.75. The number of Topliss-reactive ketones (excluding diaryl/α,β-unsaturated/α-hetero) is 1. The Balaban J connectivity index is 1.81. The van der Waals surface area contributed by atoms with Crippen LogP contribution in [0.25, 0.3) is 11.0 Å². The molecule has 1 aromatic heterocycles. The van der Waals surface area contributed by atoms with Crippen LogP contribution in [0.1, 0.15) is 29.0 Å². The molecule has 28 heavy (non-hydrogen) atoms. The smallest absolute Gasteiger partial charge is 0.263 e. The number of sulfonamides is 1. The number of halogens is 4. The van der Waals surface area contributed by atoms with Crippen LogP contribution in [0.15, 0.2) is 33.6 Å². The molecule has 0 amide bonds. The number of furan rings is 1. The van der Waals surface area contributed by atoms with E-state index in [1.54, 1.807) is 0 Å². The number of nitrogens with one attached hydrogen (secondary N) is 1. The van der Waals surface area contributed by atoms with Gasteiger partial charge in [0, 0.05) is 18.2 Å². The van der Waals surface area contributed by atoms with Crippen molar-refractivity contribution in [3.63, 3.8) is 0 Å². The molecule has 0 atom stereocenters. The molecule has 0 bridgehead atoms. The van der Waals surface area contributed by atoms with E-state index in [-0.39, 0.29) is 36.5 Å². The van der Waals surface area contributed by atoms with Gasteiger partial charge >= 0.3 is 0 Å². The van der Waals surface area contributed by atoms with Gasteiger partial charge in [0.2, 0.25) is 0 Å². The van der Waals surface area contributed by atoms with E-state index in [9.17, 15) is 13.2 Å². The minimum Gasteiger partial charge on any atom is -0.459 e. The van der Waals surface area contributed by atoms with E-state index in [0.29, 0.717) is 41.6 Å². The van der Waals surface area contributed by atoms with Crippen molar-refractivity contribution >= 4 is 78.9 Å². The monoisotopic (exact) mass is 477 g/mol. The minimum absolute atomic E-state index is 0.0504. The van der Waals surface area contributed by atoms with Gasteiger partial charge in [0.1, 0.15) is 10.7 Å². The molecule has 2 aromatic carbocycles. The maximum absolute atomic E-state index is 12.8. The van der Waals surface area contributed by atoms with Crippen LogP contribution in [-0.4, -0.2) is 14.2 Å². The van der Waals surface area contributed by atoms with Crippen LogP contribution in [0.3, 0.4) is 0 Å². The number of rotatable bonds is 3. The van der Waals surface area contributed by atoms with Crippen molar-refractivity contribution in [3.8, 4) is 0 Å². The predicted molar refractivity (Wildman–Crippen MR) is 111 cm³/mol. The molecule has 4 rings (SSSR count). The maximum atomic E-state index is 12.8. The molecule has 0 unspecified atom stereocenters. The van der Waals surface area contributed by atoms with Crippen molar-refractivity contribution in [2.75, 3.05) is 4.72 Å². The highest BCUT2D eigenvalue weighted by atomic mass is 35.5. The standard InChI is InChI=1S/C18H11Cl4NO4S/c19-10-6-12(21)16(7-11(10)20)28(25,26)23-8-4-9-17-14(24)2-1-3-15(17)27-18(9)13(22)5-8/h4-7,23H,1-3H2. The summed E-state index contributed by atoms with van der Waals surface area (Å²) < 4.78 is 33.7. The van der Waals surface area contributed by atoms with E-state index in [1.165, 1.54) is 18.2 Å². The lowest BCUT2D eigenvalue weighted by Crippen LogP contribution is -2.14. The van der Waals surface area contributed by atoms with Gasteiger partial charge in [-0.1, -0.05) is 46.4 Å². The number of hydrogen-bond donors (Lipinski definition) is 1. The fraction of sp³-hybridized carbons (Fsp3) is 0.167. The summed E-state index contributed by atoms with van der Waals surface area (Å²) in [7, 11) is -4.09. The zero-order chi connectivity index (χ0) is 20.2. The van der Waals surface area contributed by atoms with Crippen molar-refractivity contribution in [1.29, 1.82) is 0 Å². The molecule has 0 fully saturated rings. The number of aryl methyl sites for hydroxylation is 1. The number of ketones is 1. The molecule has 146 valence electrons. The fourth-order valence-electron chi connectivity index (χ4n) is 3.20.